The molecule has 0 radical (unpaired) electrons. The molecule has 2 aromatic carbocycles. The van der Waals surface area contributed by atoms with Crippen LogP contribution < -0.4 is 11.5 Å². The fourth-order valence-corrected chi connectivity index (χ4v) is 2.63. The standard InChI is InChI=1S/C18H22FN.H3N/c1-18(20-13-12-19,14-16-8-4-2-5-9-16)15-17-10-6-3-7-11-17;/h2-11,20H,12-15H2,1H3;1H3. The summed E-state index contributed by atoms with van der Waals surface area (Å²) in [6.45, 7) is 2.23. The second kappa shape index (κ2) is 8.55. The first-order valence-corrected chi connectivity index (χ1v) is 7.11. The van der Waals surface area contributed by atoms with E-state index in [9.17, 15) is 4.39 Å². The maximum Gasteiger partial charge on any atom is 0.102 e. The SMILES string of the molecule is CC(Cc1ccccc1)(Cc1ccccc1)NCCF.N. The number of hydrogen-bond acceptors (Lipinski definition) is 2. The third-order valence-electron chi connectivity index (χ3n) is 3.52. The second-order valence-corrected chi connectivity index (χ2v) is 5.50. The van der Waals surface area contributed by atoms with Crippen molar-refractivity contribution in [2.45, 2.75) is 25.3 Å². The van der Waals surface area contributed by atoms with Gasteiger partial charge in [0.2, 0.25) is 0 Å². The van der Waals surface area contributed by atoms with E-state index in [1.54, 1.807) is 0 Å². The Morgan fingerprint density at radius 3 is 1.67 bits per heavy atom. The zero-order valence-electron chi connectivity index (χ0n) is 12.7. The summed E-state index contributed by atoms with van der Waals surface area (Å²) in [6, 6.07) is 20.7. The lowest BCUT2D eigenvalue weighted by atomic mass is 9.86. The van der Waals surface area contributed by atoms with Crippen LogP contribution >= 0.6 is 0 Å². The van der Waals surface area contributed by atoms with E-state index in [0.29, 0.717) is 6.54 Å². The Morgan fingerprint density at radius 1 is 0.857 bits per heavy atom. The van der Waals surface area contributed by atoms with Gasteiger partial charge in [0.1, 0.15) is 6.67 Å². The minimum Gasteiger partial charge on any atom is -0.344 e. The van der Waals surface area contributed by atoms with Crippen molar-refractivity contribution in [1.82, 2.24) is 11.5 Å². The fraction of sp³-hybridized carbons (Fsp3) is 0.333. The molecule has 0 atom stereocenters. The summed E-state index contributed by atoms with van der Waals surface area (Å²) >= 11 is 0. The predicted octanol–water partition coefficient (Wildman–Crippen LogP) is 3.95. The van der Waals surface area contributed by atoms with Gasteiger partial charge in [-0.15, -0.1) is 0 Å². The summed E-state index contributed by atoms with van der Waals surface area (Å²) in [4.78, 5) is 0. The van der Waals surface area contributed by atoms with Crippen LogP contribution in [-0.2, 0) is 12.8 Å². The summed E-state index contributed by atoms with van der Waals surface area (Å²) in [5.41, 5.74) is 2.42. The molecule has 4 N–H and O–H groups in total. The van der Waals surface area contributed by atoms with Crippen LogP contribution in [0.4, 0.5) is 4.39 Å². The van der Waals surface area contributed by atoms with E-state index in [-0.39, 0.29) is 18.4 Å². The first kappa shape index (κ1) is 17.3. The predicted molar refractivity (Wildman–Crippen MR) is 87.7 cm³/mol. The Hall–Kier alpha value is -1.71. The normalized spacial score (nSPS) is 11.0. The van der Waals surface area contributed by atoms with Crippen LogP contribution in [0.1, 0.15) is 18.1 Å². The smallest absolute Gasteiger partial charge is 0.102 e. The average Bonchev–Trinajstić information content (AvgIpc) is 2.47. The summed E-state index contributed by atoms with van der Waals surface area (Å²) in [6.07, 6.45) is 1.78. The van der Waals surface area contributed by atoms with Crippen LogP contribution in [0.2, 0.25) is 0 Å². The van der Waals surface area contributed by atoms with Gasteiger partial charge >= 0.3 is 0 Å². The van der Waals surface area contributed by atoms with Crippen molar-refractivity contribution >= 4 is 0 Å². The molecule has 0 aliphatic carbocycles. The molecule has 0 bridgehead atoms. The van der Waals surface area contributed by atoms with Gasteiger partial charge in [-0.2, -0.15) is 0 Å². The van der Waals surface area contributed by atoms with Crippen molar-refractivity contribution in [2.24, 2.45) is 0 Å². The molecule has 2 nitrogen and oxygen atoms in total. The summed E-state index contributed by atoms with van der Waals surface area (Å²) in [7, 11) is 0. The monoisotopic (exact) mass is 288 g/mol. The molecule has 0 amide bonds. The molecule has 0 aliphatic heterocycles. The zero-order chi connectivity index (χ0) is 14.3. The van der Waals surface area contributed by atoms with E-state index in [1.165, 1.54) is 11.1 Å². The molecule has 0 unspecified atom stereocenters. The van der Waals surface area contributed by atoms with Crippen molar-refractivity contribution in [2.75, 3.05) is 13.2 Å². The third-order valence-corrected chi connectivity index (χ3v) is 3.52. The molecule has 0 aromatic heterocycles. The maximum atomic E-state index is 12.5. The Balaban J connectivity index is 0.00000220. The third kappa shape index (κ3) is 5.66. The first-order chi connectivity index (χ1) is 9.72. The zero-order valence-corrected chi connectivity index (χ0v) is 12.7. The van der Waals surface area contributed by atoms with Crippen molar-refractivity contribution < 1.29 is 4.39 Å². The largest absolute Gasteiger partial charge is 0.344 e. The van der Waals surface area contributed by atoms with Crippen LogP contribution in [0.15, 0.2) is 60.7 Å². The minimum absolute atomic E-state index is 0. The van der Waals surface area contributed by atoms with Crippen molar-refractivity contribution in [3.05, 3.63) is 71.8 Å². The fourth-order valence-electron chi connectivity index (χ4n) is 2.63. The number of hydrogen-bond donors (Lipinski definition) is 2. The van der Waals surface area contributed by atoms with Gasteiger partial charge in [0, 0.05) is 12.1 Å². The van der Waals surface area contributed by atoms with Gasteiger partial charge in [-0.1, -0.05) is 60.7 Å². The highest BCUT2D eigenvalue weighted by Gasteiger charge is 2.24. The van der Waals surface area contributed by atoms with Crippen molar-refractivity contribution in [3.8, 4) is 0 Å². The highest BCUT2D eigenvalue weighted by molar-refractivity contribution is 5.22. The van der Waals surface area contributed by atoms with Crippen molar-refractivity contribution in [3.63, 3.8) is 0 Å². The van der Waals surface area contributed by atoms with Gasteiger partial charge in [-0.05, 0) is 30.9 Å². The van der Waals surface area contributed by atoms with Crippen LogP contribution in [0.5, 0.6) is 0 Å². The summed E-state index contributed by atoms with van der Waals surface area (Å²) in [5.74, 6) is 0. The quantitative estimate of drug-likeness (QED) is 0.810. The van der Waals surface area contributed by atoms with Gasteiger partial charge in [-0.3, -0.25) is 0 Å². The number of alkyl halides is 1. The highest BCUT2D eigenvalue weighted by atomic mass is 19.1. The molecular formula is C18H25FN2. The molecule has 21 heavy (non-hydrogen) atoms. The number of rotatable bonds is 7. The first-order valence-electron chi connectivity index (χ1n) is 7.11. The number of halogens is 1. The molecule has 2 aromatic rings. The van der Waals surface area contributed by atoms with Crippen molar-refractivity contribution in [1.29, 1.82) is 0 Å². The van der Waals surface area contributed by atoms with Gasteiger partial charge < -0.3 is 11.5 Å². The molecule has 114 valence electrons. The molecule has 0 aliphatic rings. The van der Waals surface area contributed by atoms with Crippen LogP contribution in [0.3, 0.4) is 0 Å². The van der Waals surface area contributed by atoms with Crippen LogP contribution in [-0.4, -0.2) is 18.8 Å². The number of nitrogens with one attached hydrogen (secondary N) is 1. The lowest BCUT2D eigenvalue weighted by Gasteiger charge is -2.31. The topological polar surface area (TPSA) is 47.0 Å². The lowest BCUT2D eigenvalue weighted by Crippen LogP contribution is -2.47. The molecule has 0 heterocycles. The van der Waals surface area contributed by atoms with E-state index in [2.05, 4.69) is 36.5 Å². The minimum atomic E-state index is -0.334. The molecule has 2 rings (SSSR count). The Labute approximate surface area is 127 Å². The molecular weight excluding hydrogens is 263 g/mol. The Kier molecular flexibility index (Phi) is 7.06. The second-order valence-electron chi connectivity index (χ2n) is 5.50. The highest BCUT2D eigenvalue weighted by Crippen LogP contribution is 2.19. The van der Waals surface area contributed by atoms with Crippen LogP contribution in [0, 0.1) is 0 Å². The Bertz CT molecular complexity index is 458. The van der Waals surface area contributed by atoms with E-state index in [0.717, 1.165) is 12.8 Å². The summed E-state index contributed by atoms with van der Waals surface area (Å²) in [5, 5.41) is 3.37. The lowest BCUT2D eigenvalue weighted by molar-refractivity contribution is 0.327. The van der Waals surface area contributed by atoms with Gasteiger partial charge in [0.05, 0.1) is 0 Å². The van der Waals surface area contributed by atoms with Gasteiger partial charge in [-0.25, -0.2) is 4.39 Å². The molecule has 0 saturated carbocycles. The van der Waals surface area contributed by atoms with E-state index < -0.39 is 0 Å². The van der Waals surface area contributed by atoms with Crippen LogP contribution in [0.25, 0.3) is 0 Å². The average molecular weight is 288 g/mol. The maximum absolute atomic E-state index is 12.5. The van der Waals surface area contributed by atoms with E-state index >= 15 is 0 Å². The van der Waals surface area contributed by atoms with Gasteiger partial charge in [0.15, 0.2) is 0 Å². The molecule has 0 fully saturated rings. The van der Waals surface area contributed by atoms with Gasteiger partial charge in [0.25, 0.3) is 0 Å². The summed E-state index contributed by atoms with van der Waals surface area (Å²) < 4.78 is 12.5. The molecule has 0 spiro atoms. The Morgan fingerprint density at radius 2 is 1.29 bits per heavy atom. The van der Waals surface area contributed by atoms with E-state index in [4.69, 9.17) is 0 Å². The molecule has 0 saturated heterocycles. The number of benzene rings is 2. The van der Waals surface area contributed by atoms with E-state index in [1.807, 2.05) is 36.4 Å². The molecule has 3 heteroatoms.